The lowest BCUT2D eigenvalue weighted by atomic mass is 9.43. The fourth-order valence-electron chi connectivity index (χ4n) is 10.2. The number of hydrogen-bond acceptors (Lipinski definition) is 8. The maximum Gasteiger partial charge on any atom is 0.335 e. The molecule has 0 bridgehead atoms. The smallest absolute Gasteiger partial charge is 0.335 e. The van der Waals surface area contributed by atoms with Crippen molar-refractivity contribution in [2.24, 2.45) is 28.6 Å². The molecule has 0 radical (unpaired) electrons. The first kappa shape index (κ1) is 31.1. The monoisotopic (exact) mass is 612 g/mol. The number of urea groups is 1. The van der Waals surface area contributed by atoms with Crippen molar-refractivity contribution in [1.82, 2.24) is 20.9 Å². The summed E-state index contributed by atoms with van der Waals surface area (Å²) in [5.74, 6) is 0.270. The Bertz CT molecular complexity index is 1310. The molecule has 6 rings (SSSR count). The first-order valence-electron chi connectivity index (χ1n) is 16.5. The van der Waals surface area contributed by atoms with Gasteiger partial charge < -0.3 is 35.1 Å². The van der Waals surface area contributed by atoms with Gasteiger partial charge in [0.2, 0.25) is 5.91 Å². The van der Waals surface area contributed by atoms with Gasteiger partial charge >= 0.3 is 17.6 Å². The Labute approximate surface area is 258 Å². The fraction of sp³-hybridized carbons (Fsp3) is 0.758. The van der Waals surface area contributed by atoms with Gasteiger partial charge in [0, 0.05) is 63.0 Å². The van der Waals surface area contributed by atoms with Gasteiger partial charge in [-0.1, -0.05) is 13.8 Å². The van der Waals surface area contributed by atoms with E-state index >= 15 is 0 Å². The van der Waals surface area contributed by atoms with Crippen molar-refractivity contribution >= 4 is 17.9 Å². The molecule has 9 unspecified atom stereocenters. The highest BCUT2D eigenvalue weighted by molar-refractivity contribution is 5.79. The van der Waals surface area contributed by atoms with Crippen LogP contribution in [0.2, 0.25) is 0 Å². The Balaban J connectivity index is 1.12. The molecule has 4 aliphatic carbocycles. The van der Waals surface area contributed by atoms with E-state index in [2.05, 4.69) is 29.8 Å². The Morgan fingerprint density at radius 3 is 2.68 bits per heavy atom. The summed E-state index contributed by atoms with van der Waals surface area (Å²) in [5.41, 5.74) is -1.15. The van der Waals surface area contributed by atoms with Crippen molar-refractivity contribution in [3.05, 3.63) is 34.4 Å². The number of esters is 1. The molecular weight excluding hydrogens is 564 g/mol. The van der Waals surface area contributed by atoms with Crippen LogP contribution in [0.1, 0.15) is 83.6 Å². The third-order valence-corrected chi connectivity index (χ3v) is 12.4. The number of nitrogens with zero attached hydrogens (tertiary/aromatic N) is 1. The molecule has 242 valence electrons. The average Bonchev–Trinajstić information content (AvgIpc) is 3.20. The maximum absolute atomic E-state index is 12.7. The number of amides is 3. The first-order valence-corrected chi connectivity index (χ1v) is 16.5. The summed E-state index contributed by atoms with van der Waals surface area (Å²) >= 11 is 0. The van der Waals surface area contributed by atoms with Crippen LogP contribution in [0.4, 0.5) is 4.79 Å². The van der Waals surface area contributed by atoms with E-state index in [1.165, 1.54) is 19.3 Å². The second kappa shape index (κ2) is 11.8. The third kappa shape index (κ3) is 5.33. The Morgan fingerprint density at radius 1 is 1.14 bits per heavy atom. The molecule has 0 aromatic carbocycles. The van der Waals surface area contributed by atoms with E-state index in [-0.39, 0.29) is 41.2 Å². The van der Waals surface area contributed by atoms with Gasteiger partial charge in [0.1, 0.15) is 6.10 Å². The average molecular weight is 613 g/mol. The highest BCUT2D eigenvalue weighted by Gasteiger charge is 2.70. The predicted octanol–water partition coefficient (Wildman–Crippen LogP) is 2.52. The molecule has 0 spiro atoms. The van der Waals surface area contributed by atoms with Crippen LogP contribution in [0.15, 0.2) is 27.6 Å². The molecule has 44 heavy (non-hydrogen) atoms. The number of ether oxygens (including phenoxy) is 1. The van der Waals surface area contributed by atoms with E-state index in [4.69, 9.17) is 9.15 Å². The van der Waals surface area contributed by atoms with E-state index in [0.29, 0.717) is 44.4 Å². The molecule has 1 aromatic heterocycles. The molecule has 11 heteroatoms. The molecule has 1 aliphatic heterocycles. The van der Waals surface area contributed by atoms with Gasteiger partial charge in [0.05, 0.1) is 18.4 Å². The minimum Gasteiger partial charge on any atom is -0.462 e. The summed E-state index contributed by atoms with van der Waals surface area (Å²) in [7, 11) is 0. The zero-order valence-corrected chi connectivity index (χ0v) is 26.2. The summed E-state index contributed by atoms with van der Waals surface area (Å²) in [6, 6.07) is 3.07. The maximum atomic E-state index is 12.7. The number of piperazine rings is 1. The minimum absolute atomic E-state index is 0.0475. The lowest BCUT2D eigenvalue weighted by molar-refractivity contribution is -0.202. The predicted molar refractivity (Wildman–Crippen MR) is 162 cm³/mol. The number of carbonyl (C=O) groups is 3. The van der Waals surface area contributed by atoms with E-state index < -0.39 is 22.7 Å². The lowest BCUT2D eigenvalue weighted by Gasteiger charge is -2.63. The summed E-state index contributed by atoms with van der Waals surface area (Å²) in [5, 5.41) is 21.9. The number of aliphatic hydroxyl groups is 1. The molecule has 1 saturated heterocycles. The van der Waals surface area contributed by atoms with Crippen LogP contribution in [-0.2, 0) is 14.3 Å². The fourth-order valence-corrected chi connectivity index (χ4v) is 10.2. The van der Waals surface area contributed by atoms with Crippen molar-refractivity contribution in [1.29, 1.82) is 0 Å². The van der Waals surface area contributed by atoms with Crippen molar-refractivity contribution in [2.75, 3.05) is 32.7 Å². The molecule has 11 nitrogen and oxygen atoms in total. The van der Waals surface area contributed by atoms with Gasteiger partial charge in [-0.2, -0.15) is 0 Å². The zero-order chi connectivity index (χ0) is 31.3. The second-order valence-electron chi connectivity index (χ2n) is 14.5. The molecule has 4 N–H and O–H groups in total. The minimum atomic E-state index is -1.02. The van der Waals surface area contributed by atoms with Crippen molar-refractivity contribution in [2.45, 2.75) is 95.8 Å². The van der Waals surface area contributed by atoms with E-state index in [1.54, 1.807) is 11.0 Å². The van der Waals surface area contributed by atoms with Crippen LogP contribution >= 0.6 is 0 Å². The number of hydrogen-bond donors (Lipinski definition) is 4. The van der Waals surface area contributed by atoms with Crippen LogP contribution in [0.3, 0.4) is 0 Å². The summed E-state index contributed by atoms with van der Waals surface area (Å²) in [4.78, 5) is 50.4. The van der Waals surface area contributed by atoms with Gasteiger partial charge in [-0.3, -0.25) is 9.59 Å². The van der Waals surface area contributed by atoms with E-state index in [9.17, 15) is 24.3 Å². The van der Waals surface area contributed by atoms with Crippen molar-refractivity contribution < 1.29 is 28.6 Å². The Morgan fingerprint density at radius 2 is 1.95 bits per heavy atom. The van der Waals surface area contributed by atoms with Crippen molar-refractivity contribution in [3.63, 3.8) is 0 Å². The van der Waals surface area contributed by atoms with Gasteiger partial charge in [-0.05, 0) is 79.7 Å². The first-order chi connectivity index (χ1) is 20.9. The molecule has 9 atom stereocenters. The standard InChI is InChI=1S/C33H48N4O7/c1-20(38)44-26-17-33(42)25-6-5-22-16-23(36-30(41)35-13-15-37-14-12-34-18-27(37)39)8-10-31(22,2)24(25)9-11-32(33,3)29(26)21-4-7-28(40)43-19-21/h4,7,19,22-26,29,34,42H,5-6,8-18H2,1-3H3,(H2,35,36,41). The van der Waals surface area contributed by atoms with Crippen LogP contribution in [0.5, 0.6) is 0 Å². The van der Waals surface area contributed by atoms with E-state index in [0.717, 1.165) is 57.1 Å². The molecule has 3 amide bonds. The highest BCUT2D eigenvalue weighted by Crippen LogP contribution is 2.70. The Hall–Kier alpha value is -2.92. The van der Waals surface area contributed by atoms with Crippen LogP contribution in [0.25, 0.3) is 0 Å². The Kier molecular flexibility index (Phi) is 8.32. The van der Waals surface area contributed by atoms with Gasteiger partial charge in [0.15, 0.2) is 0 Å². The normalized spacial score (nSPS) is 39.9. The number of fused-ring (bicyclic) bond motifs is 5. The number of nitrogens with one attached hydrogen (secondary N) is 3. The number of carbonyl (C=O) groups excluding carboxylic acids is 3. The zero-order valence-electron chi connectivity index (χ0n) is 26.2. The molecular formula is C33H48N4O7. The largest absolute Gasteiger partial charge is 0.462 e. The SMILES string of the molecule is CC(=O)OC1CC2(O)C3CCC4CC(NC(=O)NCCN5CCNCC5=O)CCC4(C)C3CCC2(C)C1c1ccc(=O)oc1. The topological polar surface area (TPSA) is 150 Å². The second-order valence-corrected chi connectivity index (χ2v) is 14.5. The van der Waals surface area contributed by atoms with Crippen molar-refractivity contribution in [3.8, 4) is 0 Å². The molecule has 1 aromatic rings. The van der Waals surface area contributed by atoms with Crippen LogP contribution in [-0.4, -0.2) is 78.4 Å². The summed E-state index contributed by atoms with van der Waals surface area (Å²) in [6.45, 7) is 8.67. The third-order valence-electron chi connectivity index (χ3n) is 12.4. The number of rotatable bonds is 6. The lowest BCUT2D eigenvalue weighted by Crippen LogP contribution is -2.62. The quantitative estimate of drug-likeness (QED) is 0.358. The molecule has 2 heterocycles. The van der Waals surface area contributed by atoms with Crippen LogP contribution < -0.4 is 21.6 Å². The van der Waals surface area contributed by atoms with Gasteiger partial charge in [0.25, 0.3) is 0 Å². The summed E-state index contributed by atoms with van der Waals surface area (Å²) < 4.78 is 11.1. The van der Waals surface area contributed by atoms with Gasteiger partial charge in [-0.15, -0.1) is 0 Å². The van der Waals surface area contributed by atoms with Crippen LogP contribution in [0, 0.1) is 28.6 Å². The van der Waals surface area contributed by atoms with E-state index in [1.807, 2.05) is 0 Å². The molecule has 4 saturated carbocycles. The molecule has 5 aliphatic rings. The highest BCUT2D eigenvalue weighted by atomic mass is 16.5. The summed E-state index contributed by atoms with van der Waals surface area (Å²) in [6.07, 6.45) is 7.75. The molecule has 5 fully saturated rings. The van der Waals surface area contributed by atoms with Gasteiger partial charge in [-0.25, -0.2) is 9.59 Å².